The number of nitrogens with zero attached hydrogens (tertiary/aromatic N) is 1. The number of methoxy groups -OCH3 is 1. The van der Waals surface area contributed by atoms with Crippen molar-refractivity contribution < 1.29 is 13.9 Å². The van der Waals surface area contributed by atoms with E-state index in [-0.39, 0.29) is 12.4 Å². The van der Waals surface area contributed by atoms with Crippen LogP contribution in [0, 0.1) is 0 Å². The van der Waals surface area contributed by atoms with Gasteiger partial charge in [-0.05, 0) is 13.0 Å². The van der Waals surface area contributed by atoms with E-state index in [4.69, 9.17) is 4.42 Å². The van der Waals surface area contributed by atoms with Crippen molar-refractivity contribution in [2.24, 2.45) is 0 Å². The minimum atomic E-state index is -0.336. The molecule has 0 amide bonds. The van der Waals surface area contributed by atoms with Crippen LogP contribution in [0.25, 0.3) is 0 Å². The van der Waals surface area contributed by atoms with Crippen LogP contribution in [0.1, 0.15) is 25.0 Å². The summed E-state index contributed by atoms with van der Waals surface area (Å²) in [5.41, 5.74) is 0. The topological polar surface area (TPSA) is 64.4 Å². The molecule has 1 rings (SSSR count). The Morgan fingerprint density at radius 3 is 3.06 bits per heavy atom. The maximum atomic E-state index is 11.0. The lowest BCUT2D eigenvalue weighted by atomic mass is 10.3. The third-order valence-electron chi connectivity index (χ3n) is 2.10. The SMILES string of the molecule is CCCNCCc1cnc(CC(=O)OC)o1. The number of esters is 1. The van der Waals surface area contributed by atoms with E-state index in [1.54, 1.807) is 6.20 Å². The monoisotopic (exact) mass is 226 g/mol. The highest BCUT2D eigenvalue weighted by Gasteiger charge is 2.09. The second kappa shape index (κ2) is 7.00. The standard InChI is InChI=1S/C11H18N2O3/c1-3-5-12-6-4-9-8-13-10(16-9)7-11(14)15-2/h8,12H,3-7H2,1-2H3. The molecular formula is C11H18N2O3. The molecule has 0 fully saturated rings. The predicted octanol–water partition coefficient (Wildman–Crippen LogP) is 0.932. The first-order valence-corrected chi connectivity index (χ1v) is 5.47. The molecule has 0 bridgehead atoms. The fraction of sp³-hybridized carbons (Fsp3) is 0.636. The van der Waals surface area contributed by atoms with Crippen molar-refractivity contribution in [3.63, 3.8) is 0 Å². The largest absolute Gasteiger partial charge is 0.469 e. The second-order valence-corrected chi connectivity index (χ2v) is 3.47. The quantitative estimate of drug-likeness (QED) is 0.553. The van der Waals surface area contributed by atoms with Crippen molar-refractivity contribution in [1.29, 1.82) is 0 Å². The summed E-state index contributed by atoms with van der Waals surface area (Å²) in [5.74, 6) is 0.873. The number of carbonyl (C=O) groups excluding carboxylic acids is 1. The van der Waals surface area contributed by atoms with Crippen LogP contribution >= 0.6 is 0 Å². The van der Waals surface area contributed by atoms with E-state index in [9.17, 15) is 4.79 Å². The number of rotatable bonds is 7. The highest BCUT2D eigenvalue weighted by atomic mass is 16.5. The van der Waals surface area contributed by atoms with E-state index >= 15 is 0 Å². The molecular weight excluding hydrogens is 208 g/mol. The molecule has 16 heavy (non-hydrogen) atoms. The van der Waals surface area contributed by atoms with Crippen molar-refractivity contribution >= 4 is 5.97 Å². The Kier molecular flexibility index (Phi) is 5.56. The fourth-order valence-electron chi connectivity index (χ4n) is 1.25. The molecule has 0 aliphatic carbocycles. The Balaban J connectivity index is 2.30. The molecule has 0 saturated carbocycles. The third kappa shape index (κ3) is 4.44. The second-order valence-electron chi connectivity index (χ2n) is 3.47. The van der Waals surface area contributed by atoms with Gasteiger partial charge in [0, 0.05) is 13.0 Å². The zero-order valence-electron chi connectivity index (χ0n) is 9.78. The summed E-state index contributed by atoms with van der Waals surface area (Å²) < 4.78 is 9.91. The zero-order valence-corrected chi connectivity index (χ0v) is 9.78. The molecule has 0 saturated heterocycles. The highest BCUT2D eigenvalue weighted by molar-refractivity contribution is 5.71. The van der Waals surface area contributed by atoms with Gasteiger partial charge in [0.2, 0.25) is 5.89 Å². The van der Waals surface area contributed by atoms with Crippen molar-refractivity contribution in [1.82, 2.24) is 10.3 Å². The number of aromatic nitrogens is 1. The van der Waals surface area contributed by atoms with Crippen LogP contribution in [0.15, 0.2) is 10.6 Å². The Morgan fingerprint density at radius 1 is 1.56 bits per heavy atom. The summed E-state index contributed by atoms with van der Waals surface area (Å²) >= 11 is 0. The Morgan fingerprint density at radius 2 is 2.38 bits per heavy atom. The van der Waals surface area contributed by atoms with E-state index in [0.29, 0.717) is 5.89 Å². The average Bonchev–Trinajstić information content (AvgIpc) is 2.72. The van der Waals surface area contributed by atoms with Crippen LogP contribution in [0.4, 0.5) is 0 Å². The van der Waals surface area contributed by atoms with E-state index < -0.39 is 0 Å². The molecule has 0 aliphatic heterocycles. The Labute approximate surface area is 95.2 Å². The Hall–Kier alpha value is -1.36. The van der Waals surface area contributed by atoms with Gasteiger partial charge in [-0.1, -0.05) is 6.92 Å². The predicted molar refractivity (Wildman–Crippen MR) is 59.1 cm³/mol. The molecule has 0 aliphatic rings. The summed E-state index contributed by atoms with van der Waals surface area (Å²) in [6, 6.07) is 0. The van der Waals surface area contributed by atoms with Gasteiger partial charge < -0.3 is 14.5 Å². The van der Waals surface area contributed by atoms with Crippen LogP contribution in [0.3, 0.4) is 0 Å². The van der Waals surface area contributed by atoms with Gasteiger partial charge in [-0.2, -0.15) is 0 Å². The highest BCUT2D eigenvalue weighted by Crippen LogP contribution is 2.05. The van der Waals surface area contributed by atoms with Crippen LogP contribution in [-0.4, -0.2) is 31.2 Å². The summed E-state index contributed by atoms with van der Waals surface area (Å²) in [6.07, 6.45) is 3.66. The van der Waals surface area contributed by atoms with Gasteiger partial charge in [-0.3, -0.25) is 4.79 Å². The minimum Gasteiger partial charge on any atom is -0.469 e. The first-order valence-electron chi connectivity index (χ1n) is 5.47. The molecule has 0 spiro atoms. The lowest BCUT2D eigenvalue weighted by Crippen LogP contribution is -2.17. The number of carbonyl (C=O) groups is 1. The van der Waals surface area contributed by atoms with Crippen LogP contribution < -0.4 is 5.32 Å². The van der Waals surface area contributed by atoms with Gasteiger partial charge in [0.1, 0.15) is 12.2 Å². The molecule has 0 atom stereocenters. The smallest absolute Gasteiger partial charge is 0.314 e. The molecule has 5 heteroatoms. The van der Waals surface area contributed by atoms with Gasteiger partial charge in [0.15, 0.2) is 0 Å². The zero-order chi connectivity index (χ0) is 11.8. The number of hydrogen-bond donors (Lipinski definition) is 1. The third-order valence-corrected chi connectivity index (χ3v) is 2.10. The molecule has 1 heterocycles. The molecule has 1 N–H and O–H groups in total. The first-order chi connectivity index (χ1) is 7.76. The molecule has 0 radical (unpaired) electrons. The van der Waals surface area contributed by atoms with Gasteiger partial charge >= 0.3 is 5.97 Å². The van der Waals surface area contributed by atoms with Crippen molar-refractivity contribution in [3.05, 3.63) is 17.8 Å². The van der Waals surface area contributed by atoms with Crippen molar-refractivity contribution in [2.45, 2.75) is 26.2 Å². The maximum Gasteiger partial charge on any atom is 0.314 e. The van der Waals surface area contributed by atoms with Gasteiger partial charge in [0.05, 0.1) is 13.3 Å². The van der Waals surface area contributed by atoms with Crippen molar-refractivity contribution in [2.75, 3.05) is 20.2 Å². The van der Waals surface area contributed by atoms with E-state index in [1.807, 2.05) is 0 Å². The number of ether oxygens (including phenoxy) is 1. The molecule has 0 unspecified atom stereocenters. The lowest BCUT2D eigenvalue weighted by Gasteiger charge is -1.99. The summed E-state index contributed by atoms with van der Waals surface area (Å²) in [4.78, 5) is 15.0. The van der Waals surface area contributed by atoms with Crippen LogP contribution in [0.5, 0.6) is 0 Å². The molecule has 0 aromatic carbocycles. The van der Waals surface area contributed by atoms with Crippen LogP contribution in [-0.2, 0) is 22.4 Å². The molecule has 5 nitrogen and oxygen atoms in total. The van der Waals surface area contributed by atoms with Gasteiger partial charge in [0.25, 0.3) is 0 Å². The summed E-state index contributed by atoms with van der Waals surface area (Å²) in [5, 5.41) is 3.27. The first kappa shape index (κ1) is 12.7. The lowest BCUT2D eigenvalue weighted by molar-refractivity contribution is -0.140. The fourth-order valence-corrected chi connectivity index (χ4v) is 1.25. The number of oxazole rings is 1. The van der Waals surface area contributed by atoms with E-state index in [2.05, 4.69) is 22.0 Å². The Bertz CT molecular complexity index is 323. The number of hydrogen-bond acceptors (Lipinski definition) is 5. The summed E-state index contributed by atoms with van der Waals surface area (Å²) in [7, 11) is 1.35. The molecule has 90 valence electrons. The van der Waals surface area contributed by atoms with Gasteiger partial charge in [-0.15, -0.1) is 0 Å². The molecule has 1 aromatic rings. The van der Waals surface area contributed by atoms with Crippen LogP contribution in [0.2, 0.25) is 0 Å². The average molecular weight is 226 g/mol. The van der Waals surface area contributed by atoms with E-state index in [1.165, 1.54) is 7.11 Å². The van der Waals surface area contributed by atoms with Gasteiger partial charge in [-0.25, -0.2) is 4.98 Å². The normalized spacial score (nSPS) is 10.4. The maximum absolute atomic E-state index is 11.0. The molecule has 1 aromatic heterocycles. The summed E-state index contributed by atoms with van der Waals surface area (Å²) in [6.45, 7) is 3.99. The van der Waals surface area contributed by atoms with E-state index in [0.717, 1.165) is 31.7 Å². The number of nitrogens with one attached hydrogen (secondary N) is 1. The van der Waals surface area contributed by atoms with Crippen molar-refractivity contribution in [3.8, 4) is 0 Å². The minimum absolute atomic E-state index is 0.0961.